The second-order valence-corrected chi connectivity index (χ2v) is 8.72. The average Bonchev–Trinajstić information content (AvgIpc) is 2.64. The van der Waals surface area contributed by atoms with E-state index in [0.29, 0.717) is 48.5 Å². The van der Waals surface area contributed by atoms with Gasteiger partial charge in [-0.25, -0.2) is 8.42 Å². The lowest BCUT2D eigenvalue weighted by Crippen LogP contribution is -2.35. The van der Waals surface area contributed by atoms with Gasteiger partial charge in [0, 0.05) is 38.5 Å². The SMILES string of the molecule is CCOCCCNC(=S)Nc1cc(S(=O)(=O)N2CCCCC2)ccc1C. The molecule has 1 saturated heterocycles. The van der Waals surface area contributed by atoms with Crippen molar-refractivity contribution in [3.63, 3.8) is 0 Å². The third-order valence-corrected chi connectivity index (χ3v) is 6.51. The Morgan fingerprint density at radius 2 is 2.00 bits per heavy atom. The van der Waals surface area contributed by atoms with Gasteiger partial charge in [-0.3, -0.25) is 0 Å². The molecule has 0 spiro atoms. The predicted octanol–water partition coefficient (Wildman–Crippen LogP) is 2.88. The van der Waals surface area contributed by atoms with Crippen LogP contribution in [0.1, 0.15) is 38.2 Å². The van der Waals surface area contributed by atoms with Gasteiger partial charge in [0.05, 0.1) is 4.90 Å². The lowest BCUT2D eigenvalue weighted by molar-refractivity contribution is 0.146. The van der Waals surface area contributed by atoms with Gasteiger partial charge in [0.1, 0.15) is 0 Å². The standard InChI is InChI=1S/C18H29N3O3S2/c1-3-24-13-7-10-19-18(25)20-17-14-16(9-8-15(17)2)26(22,23)21-11-5-4-6-12-21/h8-9,14H,3-7,10-13H2,1-2H3,(H2,19,20,25). The number of piperidine rings is 1. The van der Waals surface area contributed by atoms with E-state index in [2.05, 4.69) is 10.6 Å². The Bertz CT molecular complexity index is 702. The molecule has 2 N–H and O–H groups in total. The highest BCUT2D eigenvalue weighted by atomic mass is 32.2. The molecule has 1 aromatic rings. The summed E-state index contributed by atoms with van der Waals surface area (Å²) >= 11 is 5.31. The topological polar surface area (TPSA) is 70.7 Å². The van der Waals surface area contributed by atoms with Crippen molar-refractivity contribution in [2.45, 2.75) is 44.4 Å². The van der Waals surface area contributed by atoms with Crippen LogP contribution in [0.25, 0.3) is 0 Å². The van der Waals surface area contributed by atoms with E-state index in [9.17, 15) is 8.42 Å². The summed E-state index contributed by atoms with van der Waals surface area (Å²) < 4.78 is 32.6. The first kappa shape index (κ1) is 21.1. The van der Waals surface area contributed by atoms with Gasteiger partial charge in [-0.2, -0.15) is 4.31 Å². The van der Waals surface area contributed by atoms with E-state index in [1.807, 2.05) is 19.9 Å². The second kappa shape index (κ2) is 10.2. The summed E-state index contributed by atoms with van der Waals surface area (Å²) in [6.45, 7) is 7.19. The number of nitrogens with zero attached hydrogens (tertiary/aromatic N) is 1. The molecule has 1 aliphatic heterocycles. The van der Waals surface area contributed by atoms with Gasteiger partial charge >= 0.3 is 0 Å². The van der Waals surface area contributed by atoms with Gasteiger partial charge in [-0.1, -0.05) is 12.5 Å². The van der Waals surface area contributed by atoms with Gasteiger partial charge in [0.2, 0.25) is 10.0 Å². The van der Waals surface area contributed by atoms with E-state index >= 15 is 0 Å². The molecule has 0 amide bonds. The first-order valence-corrected chi connectivity index (χ1v) is 11.0. The molecule has 1 aliphatic rings. The van der Waals surface area contributed by atoms with E-state index in [1.54, 1.807) is 16.4 Å². The Labute approximate surface area is 162 Å². The van der Waals surface area contributed by atoms with Crippen LogP contribution in [0.4, 0.5) is 5.69 Å². The van der Waals surface area contributed by atoms with E-state index in [-0.39, 0.29) is 0 Å². The lowest BCUT2D eigenvalue weighted by atomic mass is 10.2. The number of anilines is 1. The normalized spacial score (nSPS) is 15.6. The Kier molecular flexibility index (Phi) is 8.27. The summed E-state index contributed by atoms with van der Waals surface area (Å²) in [7, 11) is -3.45. The number of thiocarbonyl (C=S) groups is 1. The maximum absolute atomic E-state index is 12.8. The fourth-order valence-corrected chi connectivity index (χ4v) is 4.59. The van der Waals surface area contributed by atoms with Gasteiger partial charge in [-0.05, 0) is 63.0 Å². The predicted molar refractivity (Wildman–Crippen MR) is 109 cm³/mol. The summed E-state index contributed by atoms with van der Waals surface area (Å²) in [4.78, 5) is 0.312. The molecule has 0 aliphatic carbocycles. The van der Waals surface area contributed by atoms with Crippen LogP contribution in [0.2, 0.25) is 0 Å². The average molecular weight is 400 g/mol. The Balaban J connectivity index is 2.01. The van der Waals surface area contributed by atoms with Crippen molar-refractivity contribution >= 4 is 33.0 Å². The molecule has 0 bridgehead atoms. The molecule has 0 radical (unpaired) electrons. The second-order valence-electron chi connectivity index (χ2n) is 6.37. The first-order valence-electron chi connectivity index (χ1n) is 9.18. The minimum atomic E-state index is -3.45. The summed E-state index contributed by atoms with van der Waals surface area (Å²) in [5.41, 5.74) is 1.66. The van der Waals surface area contributed by atoms with E-state index in [0.717, 1.165) is 31.2 Å². The maximum atomic E-state index is 12.8. The molecule has 1 heterocycles. The Morgan fingerprint density at radius 3 is 2.69 bits per heavy atom. The maximum Gasteiger partial charge on any atom is 0.243 e. The van der Waals surface area contributed by atoms with Gasteiger partial charge < -0.3 is 15.4 Å². The van der Waals surface area contributed by atoms with Crippen LogP contribution in [-0.2, 0) is 14.8 Å². The van der Waals surface area contributed by atoms with Crippen molar-refractivity contribution in [1.82, 2.24) is 9.62 Å². The third-order valence-electron chi connectivity index (χ3n) is 4.37. The quantitative estimate of drug-likeness (QED) is 0.517. The monoisotopic (exact) mass is 399 g/mol. The largest absolute Gasteiger partial charge is 0.382 e. The molecule has 0 aromatic heterocycles. The number of sulfonamides is 1. The lowest BCUT2D eigenvalue weighted by Gasteiger charge is -2.26. The zero-order valence-electron chi connectivity index (χ0n) is 15.6. The molecular weight excluding hydrogens is 370 g/mol. The summed E-state index contributed by atoms with van der Waals surface area (Å²) in [5.74, 6) is 0. The highest BCUT2D eigenvalue weighted by Gasteiger charge is 2.26. The van der Waals surface area contributed by atoms with Crippen LogP contribution in [0, 0.1) is 6.92 Å². The van der Waals surface area contributed by atoms with Crippen LogP contribution >= 0.6 is 12.2 Å². The molecule has 2 rings (SSSR count). The molecule has 8 heteroatoms. The minimum Gasteiger partial charge on any atom is -0.382 e. The van der Waals surface area contributed by atoms with Crippen LogP contribution < -0.4 is 10.6 Å². The van der Waals surface area contributed by atoms with Crippen LogP contribution in [0.15, 0.2) is 23.1 Å². The molecule has 1 aromatic carbocycles. The molecule has 0 atom stereocenters. The highest BCUT2D eigenvalue weighted by Crippen LogP contribution is 2.25. The number of benzene rings is 1. The van der Waals surface area contributed by atoms with Gasteiger partial charge in [0.15, 0.2) is 5.11 Å². The molecule has 0 saturated carbocycles. The van der Waals surface area contributed by atoms with Crippen molar-refractivity contribution in [3.05, 3.63) is 23.8 Å². The Morgan fingerprint density at radius 1 is 1.27 bits per heavy atom. The number of hydrogen-bond donors (Lipinski definition) is 2. The molecule has 6 nitrogen and oxygen atoms in total. The van der Waals surface area contributed by atoms with Crippen molar-refractivity contribution in [2.75, 3.05) is 38.2 Å². The minimum absolute atomic E-state index is 0.312. The zero-order chi connectivity index (χ0) is 19.0. The van der Waals surface area contributed by atoms with Crippen molar-refractivity contribution in [1.29, 1.82) is 0 Å². The fourth-order valence-electron chi connectivity index (χ4n) is 2.84. The molecule has 0 unspecified atom stereocenters. The number of hydrogen-bond acceptors (Lipinski definition) is 4. The van der Waals surface area contributed by atoms with Crippen molar-refractivity contribution < 1.29 is 13.2 Å². The van der Waals surface area contributed by atoms with Crippen LogP contribution in [0.5, 0.6) is 0 Å². The smallest absolute Gasteiger partial charge is 0.243 e. The van der Waals surface area contributed by atoms with Gasteiger partial charge in [0.25, 0.3) is 0 Å². The van der Waals surface area contributed by atoms with Crippen LogP contribution in [-0.4, -0.2) is 50.7 Å². The summed E-state index contributed by atoms with van der Waals surface area (Å²) in [5, 5.41) is 6.72. The van der Waals surface area contributed by atoms with Crippen molar-refractivity contribution in [2.24, 2.45) is 0 Å². The highest BCUT2D eigenvalue weighted by molar-refractivity contribution is 7.89. The molecule has 26 heavy (non-hydrogen) atoms. The summed E-state index contributed by atoms with van der Waals surface area (Å²) in [6.07, 6.45) is 3.80. The van der Waals surface area contributed by atoms with E-state index in [4.69, 9.17) is 17.0 Å². The summed E-state index contributed by atoms with van der Waals surface area (Å²) in [6, 6.07) is 5.16. The van der Waals surface area contributed by atoms with E-state index < -0.39 is 10.0 Å². The fraction of sp³-hybridized carbons (Fsp3) is 0.611. The molecular formula is C18H29N3O3S2. The van der Waals surface area contributed by atoms with Crippen LogP contribution in [0.3, 0.4) is 0 Å². The molecule has 146 valence electrons. The number of nitrogens with one attached hydrogen (secondary N) is 2. The first-order chi connectivity index (χ1) is 12.4. The number of rotatable bonds is 8. The molecule has 1 fully saturated rings. The van der Waals surface area contributed by atoms with E-state index in [1.165, 1.54) is 0 Å². The number of ether oxygens (including phenoxy) is 1. The third kappa shape index (κ3) is 5.90. The Hall–Kier alpha value is -1.22. The van der Waals surface area contributed by atoms with Crippen molar-refractivity contribution in [3.8, 4) is 0 Å². The van der Waals surface area contributed by atoms with Gasteiger partial charge in [-0.15, -0.1) is 0 Å². The zero-order valence-corrected chi connectivity index (χ0v) is 17.2. The number of aryl methyl sites for hydroxylation is 1.